The number of aryl methyl sites for hydroxylation is 2. The topological polar surface area (TPSA) is 68.2 Å². The molecule has 6 heteroatoms. The predicted molar refractivity (Wildman–Crippen MR) is 113 cm³/mol. The summed E-state index contributed by atoms with van der Waals surface area (Å²) in [5, 5.41) is 11.2. The lowest BCUT2D eigenvalue weighted by Crippen LogP contribution is -2.32. The molecule has 6 nitrogen and oxygen atoms in total. The first kappa shape index (κ1) is 20.0. The lowest BCUT2D eigenvalue weighted by Gasteiger charge is -2.18. The highest BCUT2D eigenvalue weighted by molar-refractivity contribution is 5.94. The molecule has 2 fully saturated rings. The summed E-state index contributed by atoms with van der Waals surface area (Å²) < 4.78 is 7.61. The second-order valence-corrected chi connectivity index (χ2v) is 8.86. The lowest BCUT2D eigenvalue weighted by molar-refractivity contribution is 0.0942. The molecule has 0 bridgehead atoms. The number of nitrogens with zero attached hydrogens (tertiary/aromatic N) is 2. The monoisotopic (exact) mass is 396 g/mol. The van der Waals surface area contributed by atoms with Crippen LogP contribution >= 0.6 is 0 Å². The largest absolute Gasteiger partial charge is 0.496 e. The van der Waals surface area contributed by atoms with Crippen LogP contribution in [0.1, 0.15) is 46.6 Å². The predicted octanol–water partition coefficient (Wildman–Crippen LogP) is 2.87. The van der Waals surface area contributed by atoms with Crippen molar-refractivity contribution in [1.82, 2.24) is 20.4 Å². The van der Waals surface area contributed by atoms with Gasteiger partial charge in [0.15, 0.2) is 0 Å². The van der Waals surface area contributed by atoms with Gasteiger partial charge in [0.1, 0.15) is 5.75 Å². The second kappa shape index (κ2) is 8.19. The van der Waals surface area contributed by atoms with Crippen LogP contribution in [0.3, 0.4) is 0 Å². The third-order valence-corrected chi connectivity index (χ3v) is 6.38. The van der Waals surface area contributed by atoms with E-state index in [4.69, 9.17) is 4.74 Å². The molecular weight excluding hydrogens is 364 g/mol. The van der Waals surface area contributed by atoms with E-state index in [-0.39, 0.29) is 11.3 Å². The Hall–Kier alpha value is -2.34. The third kappa shape index (κ3) is 4.64. The van der Waals surface area contributed by atoms with Gasteiger partial charge < -0.3 is 15.4 Å². The summed E-state index contributed by atoms with van der Waals surface area (Å²) in [4.78, 5) is 12.8. The molecular formula is C23H32N4O2. The van der Waals surface area contributed by atoms with Gasteiger partial charge in [0.25, 0.3) is 5.91 Å². The maximum Gasteiger partial charge on any atom is 0.251 e. The minimum Gasteiger partial charge on any atom is -0.496 e. The van der Waals surface area contributed by atoms with Crippen molar-refractivity contribution in [2.24, 2.45) is 11.3 Å². The summed E-state index contributed by atoms with van der Waals surface area (Å²) in [5.74, 6) is 1.48. The van der Waals surface area contributed by atoms with Crippen LogP contribution in [0.15, 0.2) is 24.3 Å². The number of hydrogen-bond donors (Lipinski definition) is 2. The highest BCUT2D eigenvalue weighted by Crippen LogP contribution is 2.46. The molecule has 1 aromatic heterocycles. The van der Waals surface area contributed by atoms with Gasteiger partial charge in [0, 0.05) is 29.8 Å². The normalized spacial score (nSPS) is 19.9. The Morgan fingerprint density at radius 2 is 2.17 bits per heavy atom. The number of carbonyl (C=O) groups is 1. The molecule has 4 rings (SSSR count). The van der Waals surface area contributed by atoms with Crippen LogP contribution in [0, 0.1) is 25.2 Å². The van der Waals surface area contributed by atoms with E-state index in [2.05, 4.69) is 33.4 Å². The summed E-state index contributed by atoms with van der Waals surface area (Å²) in [7, 11) is 1.70. The molecule has 156 valence electrons. The fraction of sp³-hybridized carbons (Fsp3) is 0.565. The molecule has 1 aliphatic heterocycles. The third-order valence-electron chi connectivity index (χ3n) is 6.38. The van der Waals surface area contributed by atoms with Crippen LogP contribution in [0.2, 0.25) is 0 Å². The van der Waals surface area contributed by atoms with Crippen molar-refractivity contribution < 1.29 is 9.53 Å². The molecule has 2 heterocycles. The smallest absolute Gasteiger partial charge is 0.251 e. The first-order chi connectivity index (χ1) is 14.0. The first-order valence-corrected chi connectivity index (χ1v) is 10.6. The van der Waals surface area contributed by atoms with Crippen molar-refractivity contribution in [3.8, 4) is 5.75 Å². The summed E-state index contributed by atoms with van der Waals surface area (Å²) in [6.45, 7) is 7.79. The van der Waals surface area contributed by atoms with Crippen molar-refractivity contribution >= 4 is 5.91 Å². The van der Waals surface area contributed by atoms with E-state index in [1.807, 2.05) is 25.1 Å². The molecule has 2 aliphatic rings. The number of rotatable bonds is 8. The molecule has 1 saturated heterocycles. The van der Waals surface area contributed by atoms with E-state index in [0.717, 1.165) is 55.9 Å². The van der Waals surface area contributed by atoms with Gasteiger partial charge in [-0.3, -0.25) is 9.48 Å². The van der Waals surface area contributed by atoms with E-state index >= 15 is 0 Å². The van der Waals surface area contributed by atoms with Crippen molar-refractivity contribution in [2.45, 2.75) is 46.1 Å². The fourth-order valence-corrected chi connectivity index (χ4v) is 4.37. The van der Waals surface area contributed by atoms with Crippen LogP contribution in [0.25, 0.3) is 0 Å². The minimum absolute atomic E-state index is 0.00177. The van der Waals surface area contributed by atoms with Gasteiger partial charge in [-0.2, -0.15) is 5.10 Å². The highest BCUT2D eigenvalue weighted by Gasteiger charge is 2.43. The van der Waals surface area contributed by atoms with E-state index < -0.39 is 0 Å². The van der Waals surface area contributed by atoms with Crippen molar-refractivity contribution in [2.75, 3.05) is 26.7 Å². The molecule has 1 aromatic carbocycles. The van der Waals surface area contributed by atoms with Crippen LogP contribution in [-0.2, 0) is 13.0 Å². The number of ether oxygens (including phenoxy) is 1. The van der Waals surface area contributed by atoms with Crippen molar-refractivity contribution in [3.05, 3.63) is 46.8 Å². The molecule has 0 radical (unpaired) electrons. The van der Waals surface area contributed by atoms with Crippen LogP contribution < -0.4 is 15.4 Å². The van der Waals surface area contributed by atoms with Gasteiger partial charge >= 0.3 is 0 Å². The average molecular weight is 397 g/mol. The minimum atomic E-state index is -0.00177. The molecule has 29 heavy (non-hydrogen) atoms. The van der Waals surface area contributed by atoms with Crippen molar-refractivity contribution in [3.63, 3.8) is 0 Å². The molecule has 1 saturated carbocycles. The summed E-state index contributed by atoms with van der Waals surface area (Å²) in [5.41, 5.74) is 4.21. The van der Waals surface area contributed by atoms with Gasteiger partial charge in [-0.1, -0.05) is 0 Å². The molecule has 1 atom stereocenters. The number of benzene rings is 1. The second-order valence-electron chi connectivity index (χ2n) is 8.86. The van der Waals surface area contributed by atoms with Crippen molar-refractivity contribution in [1.29, 1.82) is 0 Å². The lowest BCUT2D eigenvalue weighted by atomic mass is 9.96. The number of amides is 1. The maximum atomic E-state index is 12.8. The SMILES string of the molecule is COc1ccc(C(=O)NCC2(Cn3nc(C)cc3C)CC2)cc1CC1CCNC1. The quantitative estimate of drug-likeness (QED) is 0.720. The fourth-order valence-electron chi connectivity index (χ4n) is 4.37. The number of carbonyl (C=O) groups excluding carboxylic acids is 1. The summed E-state index contributed by atoms with van der Waals surface area (Å²) in [6.07, 6.45) is 4.38. The molecule has 1 amide bonds. The molecule has 2 aromatic rings. The molecule has 0 spiro atoms. The Kier molecular flexibility index (Phi) is 5.63. The standard InChI is InChI=1S/C23H32N4O2/c1-16-10-17(2)27(26-16)15-23(7-8-23)14-25-22(28)19-4-5-21(29-3)20(12-19)11-18-6-9-24-13-18/h4-5,10,12,18,24H,6-9,11,13-15H2,1-3H3,(H,25,28). The number of methoxy groups -OCH3 is 1. The molecule has 1 unspecified atom stereocenters. The Balaban J connectivity index is 1.39. The molecule has 2 N–H and O–H groups in total. The molecule has 1 aliphatic carbocycles. The van der Waals surface area contributed by atoms with E-state index in [0.29, 0.717) is 18.0 Å². The number of hydrogen-bond acceptors (Lipinski definition) is 4. The van der Waals surface area contributed by atoms with Gasteiger partial charge in [-0.25, -0.2) is 0 Å². The maximum absolute atomic E-state index is 12.8. The summed E-state index contributed by atoms with van der Waals surface area (Å²) in [6, 6.07) is 7.90. The number of nitrogens with one attached hydrogen (secondary N) is 2. The Morgan fingerprint density at radius 1 is 1.34 bits per heavy atom. The van der Waals surface area contributed by atoms with E-state index in [1.165, 1.54) is 12.1 Å². The van der Waals surface area contributed by atoms with Crippen LogP contribution in [0.4, 0.5) is 0 Å². The van der Waals surface area contributed by atoms with E-state index in [1.54, 1.807) is 7.11 Å². The zero-order valence-electron chi connectivity index (χ0n) is 17.8. The summed E-state index contributed by atoms with van der Waals surface area (Å²) >= 11 is 0. The Labute approximate surface area is 173 Å². The van der Waals surface area contributed by atoms with E-state index in [9.17, 15) is 4.79 Å². The zero-order chi connectivity index (χ0) is 20.4. The van der Waals surface area contributed by atoms with Gasteiger partial charge in [0.05, 0.1) is 12.8 Å². The van der Waals surface area contributed by atoms with Gasteiger partial charge in [-0.05, 0) is 88.4 Å². The zero-order valence-corrected chi connectivity index (χ0v) is 17.8. The Morgan fingerprint density at radius 3 is 2.79 bits per heavy atom. The Bertz CT molecular complexity index is 879. The van der Waals surface area contributed by atoms with Gasteiger partial charge in [-0.15, -0.1) is 0 Å². The van der Waals surface area contributed by atoms with Gasteiger partial charge in [0.2, 0.25) is 0 Å². The number of aromatic nitrogens is 2. The highest BCUT2D eigenvalue weighted by atomic mass is 16.5. The first-order valence-electron chi connectivity index (χ1n) is 10.6. The van der Waals surface area contributed by atoms with Crippen LogP contribution in [0.5, 0.6) is 5.75 Å². The average Bonchev–Trinajstić information content (AvgIpc) is 3.12. The van der Waals surface area contributed by atoms with Crippen LogP contribution in [-0.4, -0.2) is 42.4 Å².